The van der Waals surface area contributed by atoms with E-state index in [4.69, 9.17) is 4.74 Å². The third kappa shape index (κ3) is 4.33. The van der Waals surface area contributed by atoms with Gasteiger partial charge in [0.1, 0.15) is 0 Å². The second-order valence-electron chi connectivity index (χ2n) is 7.09. The van der Waals surface area contributed by atoms with Gasteiger partial charge in [-0.3, -0.25) is 4.79 Å². The first kappa shape index (κ1) is 18.0. The van der Waals surface area contributed by atoms with Gasteiger partial charge in [-0.1, -0.05) is 38.0 Å². The van der Waals surface area contributed by atoms with Gasteiger partial charge in [-0.25, -0.2) is 0 Å². The van der Waals surface area contributed by atoms with Gasteiger partial charge >= 0.3 is 0 Å². The van der Waals surface area contributed by atoms with E-state index in [2.05, 4.69) is 31.2 Å². The molecular formula is C19H30N2O2. The normalized spacial score (nSPS) is 24.7. The zero-order chi connectivity index (χ0) is 16.9. The Morgan fingerprint density at radius 3 is 2.78 bits per heavy atom. The van der Waals surface area contributed by atoms with Gasteiger partial charge in [-0.15, -0.1) is 0 Å². The van der Waals surface area contributed by atoms with Gasteiger partial charge in [0.05, 0.1) is 6.61 Å². The van der Waals surface area contributed by atoms with Gasteiger partial charge in [0.15, 0.2) is 0 Å². The van der Waals surface area contributed by atoms with E-state index in [1.807, 2.05) is 24.3 Å². The molecule has 0 unspecified atom stereocenters. The van der Waals surface area contributed by atoms with Gasteiger partial charge in [-0.2, -0.15) is 0 Å². The highest BCUT2D eigenvalue weighted by Crippen LogP contribution is 2.35. The summed E-state index contributed by atoms with van der Waals surface area (Å²) in [7, 11) is 5.91. The molecule has 4 nitrogen and oxygen atoms in total. The maximum Gasteiger partial charge on any atom is 0.251 e. The van der Waals surface area contributed by atoms with E-state index in [0.717, 1.165) is 18.4 Å². The number of ether oxygens (including phenoxy) is 1. The van der Waals surface area contributed by atoms with Crippen LogP contribution in [0.25, 0.3) is 0 Å². The third-order valence-electron chi connectivity index (χ3n) is 5.16. The predicted octanol–water partition coefficient (Wildman–Crippen LogP) is 3.07. The van der Waals surface area contributed by atoms with Crippen LogP contribution in [-0.2, 0) is 11.3 Å². The summed E-state index contributed by atoms with van der Waals surface area (Å²) in [6.45, 7) is 3.47. The molecule has 0 saturated heterocycles. The van der Waals surface area contributed by atoms with Crippen LogP contribution in [0, 0.1) is 5.92 Å². The minimum atomic E-state index is -0.00268. The van der Waals surface area contributed by atoms with Crippen LogP contribution in [0.4, 0.5) is 0 Å². The van der Waals surface area contributed by atoms with Crippen LogP contribution < -0.4 is 5.32 Å². The molecule has 1 fully saturated rings. The summed E-state index contributed by atoms with van der Waals surface area (Å²) >= 11 is 0. The summed E-state index contributed by atoms with van der Waals surface area (Å²) in [5.74, 6) is 0.709. The number of nitrogens with zero attached hydrogens (tertiary/aromatic N) is 1. The zero-order valence-corrected chi connectivity index (χ0v) is 14.9. The molecule has 1 aliphatic rings. The average Bonchev–Trinajstić information content (AvgIpc) is 2.53. The highest BCUT2D eigenvalue weighted by Gasteiger charge is 2.37. The van der Waals surface area contributed by atoms with Crippen molar-refractivity contribution in [3.8, 4) is 0 Å². The lowest BCUT2D eigenvalue weighted by molar-refractivity contribution is 0.0673. The van der Waals surface area contributed by atoms with Crippen molar-refractivity contribution in [3.05, 3.63) is 35.4 Å². The predicted molar refractivity (Wildman–Crippen MR) is 93.5 cm³/mol. The first-order valence-corrected chi connectivity index (χ1v) is 8.51. The smallest absolute Gasteiger partial charge is 0.251 e. The van der Waals surface area contributed by atoms with Crippen LogP contribution in [0.1, 0.15) is 48.5 Å². The van der Waals surface area contributed by atoms with Gasteiger partial charge in [0.25, 0.3) is 5.91 Å². The Labute approximate surface area is 140 Å². The van der Waals surface area contributed by atoms with E-state index in [1.54, 1.807) is 7.11 Å². The molecule has 0 spiro atoms. The van der Waals surface area contributed by atoms with Gasteiger partial charge in [-0.05, 0) is 44.5 Å². The lowest BCUT2D eigenvalue weighted by atomic mass is 9.75. The van der Waals surface area contributed by atoms with Gasteiger partial charge in [0, 0.05) is 24.8 Å². The number of hydrogen-bond acceptors (Lipinski definition) is 3. The maximum absolute atomic E-state index is 12.6. The molecule has 0 bridgehead atoms. The summed E-state index contributed by atoms with van der Waals surface area (Å²) in [6, 6.07) is 7.66. The number of rotatable bonds is 6. The quantitative estimate of drug-likeness (QED) is 0.876. The summed E-state index contributed by atoms with van der Waals surface area (Å²) in [5.41, 5.74) is 1.72. The standard InChI is InChI=1S/C19H30N2O2/c1-15-8-7-11-19(12-15,21(2)3)14-20-18(22)17-10-6-5-9-16(17)13-23-4/h5-6,9-10,15H,7-8,11-14H2,1-4H3,(H,20,22)/t15-,19+/m0/s1. The molecule has 23 heavy (non-hydrogen) atoms. The number of hydrogen-bond donors (Lipinski definition) is 1. The molecule has 0 radical (unpaired) electrons. The van der Waals surface area contributed by atoms with E-state index < -0.39 is 0 Å². The van der Waals surface area contributed by atoms with E-state index in [0.29, 0.717) is 24.6 Å². The van der Waals surface area contributed by atoms with Crippen molar-refractivity contribution in [2.45, 2.75) is 44.8 Å². The molecule has 0 aromatic heterocycles. The highest BCUT2D eigenvalue weighted by molar-refractivity contribution is 5.95. The fraction of sp³-hybridized carbons (Fsp3) is 0.632. The molecule has 0 heterocycles. The SMILES string of the molecule is COCc1ccccc1C(=O)NC[C@@]1(N(C)C)CCC[C@H](C)C1. The summed E-state index contributed by atoms with van der Waals surface area (Å²) in [4.78, 5) is 14.9. The average molecular weight is 318 g/mol. The minimum absolute atomic E-state index is 0.00268. The lowest BCUT2D eigenvalue weighted by Crippen LogP contribution is -2.55. The summed E-state index contributed by atoms with van der Waals surface area (Å²) in [5, 5.41) is 3.17. The Morgan fingerprint density at radius 2 is 2.13 bits per heavy atom. The van der Waals surface area contributed by atoms with Crippen LogP contribution in [0.2, 0.25) is 0 Å². The number of carbonyl (C=O) groups excluding carboxylic acids is 1. The lowest BCUT2D eigenvalue weighted by Gasteiger charge is -2.45. The fourth-order valence-corrected chi connectivity index (χ4v) is 3.72. The zero-order valence-electron chi connectivity index (χ0n) is 14.9. The van der Waals surface area contributed by atoms with Crippen molar-refractivity contribution < 1.29 is 9.53 Å². The largest absolute Gasteiger partial charge is 0.380 e. The van der Waals surface area contributed by atoms with E-state index in [-0.39, 0.29) is 11.4 Å². The van der Waals surface area contributed by atoms with Crippen molar-refractivity contribution in [1.29, 1.82) is 0 Å². The molecule has 0 aliphatic heterocycles. The van der Waals surface area contributed by atoms with Gasteiger partial charge < -0.3 is 15.0 Å². The Morgan fingerprint density at radius 1 is 1.39 bits per heavy atom. The molecule has 2 atom stereocenters. The first-order valence-electron chi connectivity index (χ1n) is 8.51. The molecule has 1 saturated carbocycles. The monoisotopic (exact) mass is 318 g/mol. The van der Waals surface area contributed by atoms with Crippen molar-refractivity contribution in [3.63, 3.8) is 0 Å². The summed E-state index contributed by atoms with van der Waals surface area (Å²) in [6.07, 6.45) is 4.81. The Balaban J connectivity index is 2.08. The highest BCUT2D eigenvalue weighted by atomic mass is 16.5. The van der Waals surface area contributed by atoms with Crippen LogP contribution in [0.3, 0.4) is 0 Å². The van der Waals surface area contributed by atoms with Gasteiger partial charge in [0.2, 0.25) is 0 Å². The molecule has 2 rings (SSSR count). The summed E-state index contributed by atoms with van der Waals surface area (Å²) < 4.78 is 5.20. The van der Waals surface area contributed by atoms with E-state index in [1.165, 1.54) is 12.8 Å². The number of carbonyl (C=O) groups is 1. The number of likely N-dealkylation sites (N-methyl/N-ethyl adjacent to an activating group) is 1. The molecule has 4 heteroatoms. The molecular weight excluding hydrogens is 288 g/mol. The molecule has 1 amide bonds. The van der Waals surface area contributed by atoms with E-state index in [9.17, 15) is 4.79 Å². The van der Waals surface area contributed by atoms with Crippen molar-refractivity contribution >= 4 is 5.91 Å². The first-order chi connectivity index (χ1) is 11.0. The molecule has 128 valence electrons. The third-order valence-corrected chi connectivity index (χ3v) is 5.16. The Kier molecular flexibility index (Phi) is 6.19. The second-order valence-corrected chi connectivity index (χ2v) is 7.09. The second kappa shape index (κ2) is 7.93. The van der Waals surface area contributed by atoms with Crippen LogP contribution in [0.5, 0.6) is 0 Å². The van der Waals surface area contributed by atoms with Crippen molar-refractivity contribution in [2.24, 2.45) is 5.92 Å². The molecule has 1 aliphatic carbocycles. The number of benzene rings is 1. The Hall–Kier alpha value is -1.39. The maximum atomic E-state index is 12.6. The topological polar surface area (TPSA) is 41.6 Å². The van der Waals surface area contributed by atoms with Crippen LogP contribution in [0.15, 0.2) is 24.3 Å². The van der Waals surface area contributed by atoms with Crippen molar-refractivity contribution in [1.82, 2.24) is 10.2 Å². The number of methoxy groups -OCH3 is 1. The Bertz CT molecular complexity index is 530. The number of amides is 1. The van der Waals surface area contributed by atoms with E-state index >= 15 is 0 Å². The fourth-order valence-electron chi connectivity index (χ4n) is 3.72. The number of nitrogens with one attached hydrogen (secondary N) is 1. The molecule has 1 aromatic carbocycles. The molecule has 1 aromatic rings. The van der Waals surface area contributed by atoms with Crippen LogP contribution >= 0.6 is 0 Å². The van der Waals surface area contributed by atoms with Crippen molar-refractivity contribution in [2.75, 3.05) is 27.7 Å². The van der Waals surface area contributed by atoms with Crippen LogP contribution in [-0.4, -0.2) is 44.1 Å². The molecule has 1 N–H and O–H groups in total. The minimum Gasteiger partial charge on any atom is -0.380 e.